The van der Waals surface area contributed by atoms with Crippen LogP contribution in [0.2, 0.25) is 5.02 Å². The van der Waals surface area contributed by atoms with E-state index in [9.17, 15) is 0 Å². The standard InChI is InChI=1S/C15H18ClN5/c1-9(10-4-6-12(16)7-5-10)18-13-8-14(21-17)20-15(19-13)11-2-3-11/h4-9,11H,2-3,17H2,1H3,(H2,18,19,20,21). The van der Waals surface area contributed by atoms with Crippen LogP contribution in [0.25, 0.3) is 0 Å². The van der Waals surface area contributed by atoms with E-state index in [1.54, 1.807) is 0 Å². The number of benzene rings is 1. The maximum absolute atomic E-state index is 5.92. The van der Waals surface area contributed by atoms with Crippen molar-refractivity contribution in [2.24, 2.45) is 5.84 Å². The van der Waals surface area contributed by atoms with E-state index in [0.29, 0.717) is 11.7 Å². The molecule has 0 radical (unpaired) electrons. The second kappa shape index (κ2) is 5.87. The van der Waals surface area contributed by atoms with E-state index in [4.69, 9.17) is 17.4 Å². The number of hydrazine groups is 1. The van der Waals surface area contributed by atoms with E-state index in [0.717, 1.165) is 35.1 Å². The van der Waals surface area contributed by atoms with Crippen LogP contribution in [0.5, 0.6) is 0 Å². The third kappa shape index (κ3) is 3.43. The minimum Gasteiger partial charge on any atom is -0.363 e. The smallest absolute Gasteiger partial charge is 0.145 e. The summed E-state index contributed by atoms with van der Waals surface area (Å²) in [5.41, 5.74) is 3.75. The van der Waals surface area contributed by atoms with Gasteiger partial charge in [-0.25, -0.2) is 15.8 Å². The van der Waals surface area contributed by atoms with Gasteiger partial charge in [-0.3, -0.25) is 0 Å². The summed E-state index contributed by atoms with van der Waals surface area (Å²) in [5, 5.41) is 4.12. The Kier molecular flexibility index (Phi) is 3.94. The van der Waals surface area contributed by atoms with Gasteiger partial charge in [-0.15, -0.1) is 0 Å². The maximum Gasteiger partial charge on any atom is 0.145 e. The van der Waals surface area contributed by atoms with E-state index in [1.165, 1.54) is 0 Å². The number of nitrogens with two attached hydrogens (primary N) is 1. The molecule has 0 aliphatic heterocycles. The summed E-state index contributed by atoms with van der Waals surface area (Å²) in [6.45, 7) is 2.08. The van der Waals surface area contributed by atoms with Crippen molar-refractivity contribution in [3.63, 3.8) is 0 Å². The van der Waals surface area contributed by atoms with Crippen LogP contribution in [0.3, 0.4) is 0 Å². The molecule has 110 valence electrons. The average Bonchev–Trinajstić information content (AvgIpc) is 3.32. The highest BCUT2D eigenvalue weighted by Crippen LogP contribution is 2.39. The zero-order chi connectivity index (χ0) is 14.8. The first kappa shape index (κ1) is 14.1. The second-order valence-corrected chi connectivity index (χ2v) is 5.77. The lowest BCUT2D eigenvalue weighted by Gasteiger charge is -2.16. The molecule has 1 unspecified atom stereocenters. The van der Waals surface area contributed by atoms with Crippen LogP contribution in [-0.4, -0.2) is 9.97 Å². The Balaban J connectivity index is 1.79. The van der Waals surface area contributed by atoms with Crippen LogP contribution in [0.15, 0.2) is 30.3 Å². The first-order chi connectivity index (χ1) is 10.2. The van der Waals surface area contributed by atoms with Gasteiger partial charge in [0, 0.05) is 23.0 Å². The summed E-state index contributed by atoms with van der Waals surface area (Å²) >= 11 is 5.92. The Morgan fingerprint density at radius 2 is 1.86 bits per heavy atom. The van der Waals surface area contributed by atoms with Gasteiger partial charge in [-0.1, -0.05) is 23.7 Å². The lowest BCUT2D eigenvalue weighted by molar-refractivity contribution is 0.854. The number of hydrogen-bond acceptors (Lipinski definition) is 5. The topological polar surface area (TPSA) is 75.9 Å². The molecule has 1 aromatic heterocycles. The van der Waals surface area contributed by atoms with Crippen molar-refractivity contribution in [2.45, 2.75) is 31.7 Å². The molecule has 0 bridgehead atoms. The van der Waals surface area contributed by atoms with Crippen LogP contribution in [0.1, 0.15) is 43.1 Å². The predicted molar refractivity (Wildman–Crippen MR) is 85.3 cm³/mol. The molecule has 0 amide bonds. The van der Waals surface area contributed by atoms with Crippen LogP contribution in [-0.2, 0) is 0 Å². The molecule has 0 spiro atoms. The summed E-state index contributed by atoms with van der Waals surface area (Å²) in [6, 6.07) is 9.72. The minimum absolute atomic E-state index is 0.120. The molecule has 5 nitrogen and oxygen atoms in total. The molecule has 1 heterocycles. The van der Waals surface area contributed by atoms with E-state index >= 15 is 0 Å². The van der Waals surface area contributed by atoms with Crippen LogP contribution < -0.4 is 16.6 Å². The summed E-state index contributed by atoms with van der Waals surface area (Å²) in [7, 11) is 0. The highest BCUT2D eigenvalue weighted by Gasteiger charge is 2.27. The molecule has 21 heavy (non-hydrogen) atoms. The van der Waals surface area contributed by atoms with Gasteiger partial charge < -0.3 is 10.7 Å². The quantitative estimate of drug-likeness (QED) is 0.582. The average molecular weight is 304 g/mol. The molecular weight excluding hydrogens is 286 g/mol. The Morgan fingerprint density at radius 1 is 1.19 bits per heavy atom. The molecule has 4 N–H and O–H groups in total. The highest BCUT2D eigenvalue weighted by molar-refractivity contribution is 6.30. The van der Waals surface area contributed by atoms with Gasteiger partial charge in [0.25, 0.3) is 0 Å². The van der Waals surface area contributed by atoms with Crippen LogP contribution in [0.4, 0.5) is 11.6 Å². The number of hydrogen-bond donors (Lipinski definition) is 3. The summed E-state index contributed by atoms with van der Waals surface area (Å²) in [4.78, 5) is 8.98. The summed E-state index contributed by atoms with van der Waals surface area (Å²) in [6.07, 6.45) is 2.31. The fourth-order valence-electron chi connectivity index (χ4n) is 2.19. The minimum atomic E-state index is 0.120. The van der Waals surface area contributed by atoms with Gasteiger partial charge in [0.05, 0.1) is 0 Å². The highest BCUT2D eigenvalue weighted by atomic mass is 35.5. The molecular formula is C15H18ClN5. The van der Waals surface area contributed by atoms with Crippen molar-refractivity contribution in [1.82, 2.24) is 9.97 Å². The lowest BCUT2D eigenvalue weighted by atomic mass is 10.1. The van der Waals surface area contributed by atoms with Crippen molar-refractivity contribution in [3.05, 3.63) is 46.7 Å². The van der Waals surface area contributed by atoms with Crippen LogP contribution >= 0.6 is 11.6 Å². The summed E-state index contributed by atoms with van der Waals surface area (Å²) < 4.78 is 0. The monoisotopic (exact) mass is 303 g/mol. The first-order valence-corrected chi connectivity index (χ1v) is 7.41. The molecule has 0 saturated heterocycles. The van der Waals surface area contributed by atoms with E-state index in [-0.39, 0.29) is 6.04 Å². The predicted octanol–water partition coefficient (Wildman–Crippen LogP) is 3.47. The number of nitrogen functional groups attached to an aromatic ring is 1. The third-order valence-corrected chi connectivity index (χ3v) is 3.82. The molecule has 1 aromatic carbocycles. The summed E-state index contributed by atoms with van der Waals surface area (Å²) in [5.74, 6) is 8.23. The lowest BCUT2D eigenvalue weighted by Crippen LogP contribution is -2.13. The Morgan fingerprint density at radius 3 is 2.48 bits per heavy atom. The number of nitrogens with one attached hydrogen (secondary N) is 2. The normalized spacial score (nSPS) is 15.6. The van der Waals surface area contributed by atoms with Gasteiger partial charge in [-0.05, 0) is 37.5 Å². The van der Waals surface area contributed by atoms with Gasteiger partial charge in [0.2, 0.25) is 0 Å². The number of anilines is 2. The number of rotatable bonds is 5. The van der Waals surface area contributed by atoms with Crippen molar-refractivity contribution >= 4 is 23.2 Å². The van der Waals surface area contributed by atoms with Crippen molar-refractivity contribution in [3.8, 4) is 0 Å². The Labute approximate surface area is 128 Å². The SMILES string of the molecule is CC(Nc1cc(NN)nc(C2CC2)n1)c1ccc(Cl)cc1. The number of halogens is 1. The first-order valence-electron chi connectivity index (χ1n) is 7.03. The van der Waals surface area contributed by atoms with Crippen molar-refractivity contribution < 1.29 is 0 Å². The number of aromatic nitrogens is 2. The molecule has 1 fully saturated rings. The Bertz CT molecular complexity index is 624. The van der Waals surface area contributed by atoms with Crippen molar-refractivity contribution in [1.29, 1.82) is 0 Å². The van der Waals surface area contributed by atoms with Gasteiger partial charge >= 0.3 is 0 Å². The van der Waals surface area contributed by atoms with Gasteiger partial charge in [0.15, 0.2) is 0 Å². The maximum atomic E-state index is 5.92. The van der Waals surface area contributed by atoms with Gasteiger partial charge in [-0.2, -0.15) is 0 Å². The molecule has 1 aliphatic rings. The molecule has 3 rings (SSSR count). The third-order valence-electron chi connectivity index (χ3n) is 3.57. The largest absolute Gasteiger partial charge is 0.363 e. The zero-order valence-corrected chi connectivity index (χ0v) is 12.6. The van der Waals surface area contributed by atoms with E-state index in [2.05, 4.69) is 27.6 Å². The number of nitrogens with zero attached hydrogens (tertiary/aromatic N) is 2. The Hall–Kier alpha value is -1.85. The fourth-order valence-corrected chi connectivity index (χ4v) is 2.32. The fraction of sp³-hybridized carbons (Fsp3) is 0.333. The van der Waals surface area contributed by atoms with E-state index in [1.807, 2.05) is 30.3 Å². The van der Waals surface area contributed by atoms with Gasteiger partial charge in [0.1, 0.15) is 17.5 Å². The van der Waals surface area contributed by atoms with Crippen LogP contribution in [0, 0.1) is 0 Å². The zero-order valence-electron chi connectivity index (χ0n) is 11.8. The molecule has 2 aromatic rings. The second-order valence-electron chi connectivity index (χ2n) is 5.33. The molecule has 6 heteroatoms. The van der Waals surface area contributed by atoms with Crippen molar-refractivity contribution in [2.75, 3.05) is 10.7 Å². The van der Waals surface area contributed by atoms with E-state index < -0.39 is 0 Å². The molecule has 1 aliphatic carbocycles. The molecule has 1 atom stereocenters. The molecule has 1 saturated carbocycles.